The fourth-order valence-electron chi connectivity index (χ4n) is 2.38. The zero-order valence-electron chi connectivity index (χ0n) is 14.2. The number of aliphatic hydroxyl groups is 1. The topological polar surface area (TPSA) is 121 Å². The molecule has 1 atom stereocenters. The van der Waals surface area contributed by atoms with Crippen molar-refractivity contribution in [1.82, 2.24) is 15.1 Å². The molecule has 0 aliphatic carbocycles. The van der Waals surface area contributed by atoms with E-state index in [-0.39, 0.29) is 11.5 Å². The number of aromatic nitrogens is 3. The van der Waals surface area contributed by atoms with Crippen molar-refractivity contribution < 1.29 is 27.6 Å². The van der Waals surface area contributed by atoms with E-state index in [4.69, 9.17) is 0 Å². The summed E-state index contributed by atoms with van der Waals surface area (Å²) in [5.41, 5.74) is -2.60. The van der Waals surface area contributed by atoms with Crippen LogP contribution >= 0.6 is 11.3 Å². The van der Waals surface area contributed by atoms with Gasteiger partial charge in [0.1, 0.15) is 5.01 Å². The van der Waals surface area contributed by atoms with Crippen LogP contribution in [0.3, 0.4) is 0 Å². The third kappa shape index (κ3) is 3.97. The van der Waals surface area contributed by atoms with Crippen molar-refractivity contribution in [3.8, 4) is 11.4 Å². The van der Waals surface area contributed by atoms with Crippen LogP contribution in [-0.4, -0.2) is 32.3 Å². The zero-order valence-corrected chi connectivity index (χ0v) is 15.0. The van der Waals surface area contributed by atoms with E-state index >= 15 is 0 Å². The Morgan fingerprint density at radius 2 is 2.14 bits per heavy atom. The minimum atomic E-state index is -5.10. The first-order chi connectivity index (χ1) is 13.1. The minimum Gasteiger partial charge on any atom is -0.374 e. The first kappa shape index (κ1) is 19.8. The number of nitrogens with one attached hydrogen (secondary N) is 2. The summed E-state index contributed by atoms with van der Waals surface area (Å²) in [6.07, 6.45) is -6.37. The molecule has 28 heavy (non-hydrogen) atoms. The monoisotopic (exact) mass is 414 g/mol. The Hall–Kier alpha value is -2.99. The summed E-state index contributed by atoms with van der Waals surface area (Å²) < 4.78 is 44.8. The van der Waals surface area contributed by atoms with Crippen molar-refractivity contribution >= 4 is 22.9 Å². The highest BCUT2D eigenvalue weighted by atomic mass is 32.1. The number of H-pyrrole nitrogens is 1. The number of nitrogens with zero attached hydrogens (tertiary/aromatic N) is 2. The number of anilines is 1. The summed E-state index contributed by atoms with van der Waals surface area (Å²) in [6.45, 7) is 1.48. The van der Waals surface area contributed by atoms with E-state index in [0.29, 0.717) is 22.6 Å². The Labute approximate surface area is 159 Å². The summed E-state index contributed by atoms with van der Waals surface area (Å²) in [5, 5.41) is 16.7. The van der Waals surface area contributed by atoms with Gasteiger partial charge in [-0.05, 0) is 19.1 Å². The number of carbonyl (C=O) groups excluding carboxylic acids is 1. The van der Waals surface area contributed by atoms with Crippen LogP contribution in [0.5, 0.6) is 0 Å². The van der Waals surface area contributed by atoms with E-state index in [1.165, 1.54) is 30.5 Å². The highest BCUT2D eigenvalue weighted by molar-refractivity contribution is 7.09. The van der Waals surface area contributed by atoms with Crippen LogP contribution in [0.2, 0.25) is 0 Å². The Kier molecular flexibility index (Phi) is 5.08. The van der Waals surface area contributed by atoms with Gasteiger partial charge in [0, 0.05) is 22.3 Å². The standard InChI is InChI=1S/C16H13F3N4O4S/c1-8-7-28-13(20-8)15(26,16(17,18)19)6-11(24)21-10-4-2-3-9(5-10)12-22-14(25)27-23-12/h2-5,7,26H,6H2,1H3,(H,21,24)(H,22,23,25). The van der Waals surface area contributed by atoms with Crippen molar-refractivity contribution in [2.75, 3.05) is 5.32 Å². The molecule has 1 amide bonds. The van der Waals surface area contributed by atoms with Crippen molar-refractivity contribution in [2.45, 2.75) is 25.1 Å². The number of alkyl halides is 3. The third-order valence-electron chi connectivity index (χ3n) is 3.72. The number of aryl methyl sites for hydroxylation is 1. The first-order valence-corrected chi connectivity index (χ1v) is 8.64. The van der Waals surface area contributed by atoms with Crippen molar-refractivity contribution in [2.24, 2.45) is 0 Å². The molecule has 12 heteroatoms. The molecule has 3 N–H and O–H groups in total. The molecular formula is C16H13F3N4O4S. The smallest absolute Gasteiger partial charge is 0.374 e. The molecule has 3 rings (SSSR count). The predicted molar refractivity (Wildman–Crippen MR) is 92.6 cm³/mol. The minimum absolute atomic E-state index is 0.0890. The highest BCUT2D eigenvalue weighted by Gasteiger charge is 2.58. The number of hydrogen-bond donors (Lipinski definition) is 3. The maximum absolute atomic E-state index is 13.5. The largest absolute Gasteiger partial charge is 0.439 e. The zero-order chi connectivity index (χ0) is 20.5. The normalized spacial score (nSPS) is 13.9. The Bertz CT molecular complexity index is 1060. The van der Waals surface area contributed by atoms with Crippen LogP contribution in [0, 0.1) is 6.92 Å². The molecule has 3 aromatic rings. The maximum atomic E-state index is 13.5. The molecule has 148 valence electrons. The van der Waals surface area contributed by atoms with Gasteiger partial charge in [-0.2, -0.15) is 13.2 Å². The summed E-state index contributed by atoms with van der Waals surface area (Å²) in [7, 11) is 0. The van der Waals surface area contributed by atoms with Gasteiger partial charge in [-0.15, -0.1) is 11.3 Å². The Morgan fingerprint density at radius 3 is 2.71 bits per heavy atom. The van der Waals surface area contributed by atoms with Crippen LogP contribution in [-0.2, 0) is 10.4 Å². The van der Waals surface area contributed by atoms with Gasteiger partial charge in [0.15, 0.2) is 5.82 Å². The maximum Gasteiger partial charge on any atom is 0.439 e. The van der Waals surface area contributed by atoms with Crippen LogP contribution in [0.15, 0.2) is 39.0 Å². The molecule has 0 spiro atoms. The van der Waals surface area contributed by atoms with Gasteiger partial charge in [0.25, 0.3) is 0 Å². The second kappa shape index (κ2) is 7.20. The van der Waals surface area contributed by atoms with Crippen molar-refractivity contribution in [1.29, 1.82) is 0 Å². The molecule has 1 aromatic carbocycles. The second-order valence-electron chi connectivity index (χ2n) is 5.90. The molecule has 0 fully saturated rings. The molecular weight excluding hydrogens is 401 g/mol. The van der Waals surface area contributed by atoms with Crippen LogP contribution in [0.1, 0.15) is 17.1 Å². The fourth-order valence-corrected chi connectivity index (χ4v) is 3.29. The second-order valence-corrected chi connectivity index (χ2v) is 6.76. The molecule has 0 aliphatic rings. The molecule has 2 aromatic heterocycles. The van der Waals surface area contributed by atoms with Crippen LogP contribution < -0.4 is 11.1 Å². The molecule has 0 bridgehead atoms. The average Bonchev–Trinajstić information content (AvgIpc) is 3.22. The number of benzene rings is 1. The van der Waals surface area contributed by atoms with E-state index in [1.807, 2.05) is 0 Å². The number of rotatable bonds is 5. The highest BCUT2D eigenvalue weighted by Crippen LogP contribution is 2.43. The number of halogens is 3. The molecule has 0 saturated carbocycles. The van der Waals surface area contributed by atoms with Crippen LogP contribution in [0.4, 0.5) is 18.9 Å². The van der Waals surface area contributed by atoms with Crippen molar-refractivity contribution in [3.05, 3.63) is 50.9 Å². The summed E-state index contributed by atoms with van der Waals surface area (Å²) in [4.78, 5) is 29.2. The molecule has 8 nitrogen and oxygen atoms in total. The van der Waals surface area contributed by atoms with Gasteiger partial charge >= 0.3 is 11.9 Å². The van der Waals surface area contributed by atoms with E-state index in [2.05, 4.69) is 25.0 Å². The number of amides is 1. The third-order valence-corrected chi connectivity index (χ3v) is 4.83. The van der Waals surface area contributed by atoms with Crippen molar-refractivity contribution in [3.63, 3.8) is 0 Å². The average molecular weight is 414 g/mol. The molecule has 1 unspecified atom stereocenters. The summed E-state index contributed by atoms with van der Waals surface area (Å²) in [5.74, 6) is -1.76. The van der Waals surface area contributed by atoms with Gasteiger partial charge in [0.05, 0.1) is 6.42 Å². The molecule has 2 heterocycles. The van der Waals surface area contributed by atoms with E-state index in [9.17, 15) is 27.9 Å². The van der Waals surface area contributed by atoms with Crippen LogP contribution in [0.25, 0.3) is 11.4 Å². The molecule has 0 saturated heterocycles. The molecule has 0 radical (unpaired) electrons. The number of aromatic amines is 1. The predicted octanol–water partition coefficient (Wildman–Crippen LogP) is 2.57. The van der Waals surface area contributed by atoms with E-state index in [0.717, 1.165) is 0 Å². The SMILES string of the molecule is Cc1csc(C(O)(CC(=O)Nc2cccc(-c3noc(=O)[nH]3)c2)C(F)(F)F)n1. The van der Waals surface area contributed by atoms with Gasteiger partial charge in [-0.3, -0.25) is 14.3 Å². The fraction of sp³-hybridized carbons (Fsp3) is 0.250. The quantitative estimate of drug-likeness (QED) is 0.590. The Morgan fingerprint density at radius 1 is 1.39 bits per heavy atom. The van der Waals surface area contributed by atoms with Gasteiger partial charge < -0.3 is 10.4 Å². The number of hydrogen-bond acceptors (Lipinski definition) is 7. The lowest BCUT2D eigenvalue weighted by Crippen LogP contribution is -2.45. The lowest BCUT2D eigenvalue weighted by molar-refractivity contribution is -0.266. The lowest BCUT2D eigenvalue weighted by atomic mass is 9.99. The summed E-state index contributed by atoms with van der Waals surface area (Å²) >= 11 is 0.620. The first-order valence-electron chi connectivity index (χ1n) is 7.76. The molecule has 0 aliphatic heterocycles. The van der Waals surface area contributed by atoms with E-state index in [1.54, 1.807) is 6.07 Å². The number of carbonyl (C=O) groups is 1. The van der Waals surface area contributed by atoms with Gasteiger partial charge in [-0.25, -0.2) is 9.78 Å². The number of thiazole rings is 1. The Balaban J connectivity index is 1.81. The van der Waals surface area contributed by atoms with Gasteiger partial charge in [-0.1, -0.05) is 17.3 Å². The van der Waals surface area contributed by atoms with E-state index < -0.39 is 34.9 Å². The lowest BCUT2D eigenvalue weighted by Gasteiger charge is -2.27. The summed E-state index contributed by atoms with van der Waals surface area (Å²) in [6, 6.07) is 5.86. The van der Waals surface area contributed by atoms with Gasteiger partial charge in [0.2, 0.25) is 11.5 Å².